The van der Waals surface area contributed by atoms with Gasteiger partial charge >= 0.3 is 0 Å². The number of thioether (sulfide) groups is 1. The highest BCUT2D eigenvalue weighted by molar-refractivity contribution is 7.99. The number of nitrogens with zero attached hydrogens (tertiary/aromatic N) is 2. The zero-order valence-corrected chi connectivity index (χ0v) is 11.7. The average Bonchev–Trinajstić information content (AvgIpc) is 2.36. The molecule has 1 atom stereocenters. The molecule has 0 spiro atoms. The molecule has 0 aliphatic rings. The van der Waals surface area contributed by atoms with Gasteiger partial charge in [0.2, 0.25) is 0 Å². The van der Waals surface area contributed by atoms with E-state index in [0.717, 1.165) is 12.8 Å². The monoisotopic (exact) mass is 274 g/mol. The molecule has 2 aromatic rings. The lowest BCUT2D eigenvalue weighted by Gasteiger charge is -2.10. The number of hydrogen-bond donors (Lipinski definition) is 2. The van der Waals surface area contributed by atoms with Gasteiger partial charge in [-0.2, -0.15) is 0 Å². The zero-order chi connectivity index (χ0) is 13.7. The summed E-state index contributed by atoms with van der Waals surface area (Å²) in [7, 11) is 0. The normalized spacial score (nSPS) is 12.3. The molecule has 100 valence electrons. The van der Waals surface area contributed by atoms with Crippen LogP contribution in [0.1, 0.15) is 18.9 Å². The van der Waals surface area contributed by atoms with Gasteiger partial charge in [-0.1, -0.05) is 49.0 Å². The Hall–Kier alpha value is -1.75. The third-order valence-electron chi connectivity index (χ3n) is 2.73. The highest BCUT2D eigenvalue weighted by Crippen LogP contribution is 2.24. The SMILES string of the molecule is C[C@H](CCc1ccccc1)Sc1nc(N)cc(N)n1. The number of anilines is 2. The summed E-state index contributed by atoms with van der Waals surface area (Å²) in [6.07, 6.45) is 2.11. The van der Waals surface area contributed by atoms with E-state index in [0.29, 0.717) is 22.0 Å². The molecular weight excluding hydrogens is 256 g/mol. The minimum Gasteiger partial charge on any atom is -0.383 e. The van der Waals surface area contributed by atoms with E-state index in [1.54, 1.807) is 17.8 Å². The van der Waals surface area contributed by atoms with Crippen molar-refractivity contribution in [3.05, 3.63) is 42.0 Å². The largest absolute Gasteiger partial charge is 0.383 e. The van der Waals surface area contributed by atoms with Gasteiger partial charge in [-0.3, -0.25) is 0 Å². The smallest absolute Gasteiger partial charge is 0.191 e. The van der Waals surface area contributed by atoms with Gasteiger partial charge in [0.1, 0.15) is 11.6 Å². The molecule has 4 N–H and O–H groups in total. The summed E-state index contributed by atoms with van der Waals surface area (Å²) in [5.74, 6) is 0.843. The van der Waals surface area contributed by atoms with Crippen molar-refractivity contribution in [2.24, 2.45) is 0 Å². The molecule has 1 aromatic heterocycles. The highest BCUT2D eigenvalue weighted by atomic mass is 32.2. The number of nitrogen functional groups attached to an aromatic ring is 2. The predicted molar refractivity (Wildman–Crippen MR) is 80.9 cm³/mol. The molecular formula is C14H18N4S. The Balaban J connectivity index is 1.89. The van der Waals surface area contributed by atoms with Crippen LogP contribution in [0, 0.1) is 0 Å². The van der Waals surface area contributed by atoms with E-state index in [1.165, 1.54) is 5.56 Å². The molecule has 19 heavy (non-hydrogen) atoms. The molecule has 0 aliphatic carbocycles. The second-order valence-corrected chi connectivity index (χ2v) is 5.86. The van der Waals surface area contributed by atoms with Crippen molar-refractivity contribution in [1.82, 2.24) is 9.97 Å². The summed E-state index contributed by atoms with van der Waals surface area (Å²) in [5.41, 5.74) is 12.7. The molecule has 0 amide bonds. The van der Waals surface area contributed by atoms with Crippen LogP contribution in [0.5, 0.6) is 0 Å². The van der Waals surface area contributed by atoms with Crippen LogP contribution in [0.3, 0.4) is 0 Å². The second kappa shape index (κ2) is 6.43. The van der Waals surface area contributed by atoms with Crippen molar-refractivity contribution >= 4 is 23.4 Å². The third kappa shape index (κ3) is 4.44. The van der Waals surface area contributed by atoms with Crippen LogP contribution in [0.15, 0.2) is 41.6 Å². The number of benzene rings is 1. The number of nitrogens with two attached hydrogens (primary N) is 2. The first kappa shape index (κ1) is 13.7. The van der Waals surface area contributed by atoms with E-state index in [2.05, 4.69) is 41.2 Å². The quantitative estimate of drug-likeness (QED) is 0.647. The van der Waals surface area contributed by atoms with Crippen molar-refractivity contribution in [2.75, 3.05) is 11.5 Å². The lowest BCUT2D eigenvalue weighted by molar-refractivity contribution is 0.805. The van der Waals surface area contributed by atoms with Gasteiger partial charge in [0.15, 0.2) is 5.16 Å². The van der Waals surface area contributed by atoms with Crippen LogP contribution in [0.4, 0.5) is 11.6 Å². The molecule has 1 aromatic carbocycles. The van der Waals surface area contributed by atoms with Gasteiger partial charge < -0.3 is 11.5 Å². The van der Waals surface area contributed by atoms with Crippen LogP contribution >= 0.6 is 11.8 Å². The van der Waals surface area contributed by atoms with E-state index in [-0.39, 0.29) is 0 Å². The van der Waals surface area contributed by atoms with Gasteiger partial charge in [0, 0.05) is 11.3 Å². The number of aryl methyl sites for hydroxylation is 1. The van der Waals surface area contributed by atoms with Gasteiger partial charge in [-0.05, 0) is 18.4 Å². The summed E-state index contributed by atoms with van der Waals surface area (Å²) in [6.45, 7) is 2.16. The van der Waals surface area contributed by atoms with Crippen molar-refractivity contribution in [3.63, 3.8) is 0 Å². The van der Waals surface area contributed by atoms with E-state index >= 15 is 0 Å². The lowest BCUT2D eigenvalue weighted by atomic mass is 10.1. The molecule has 0 radical (unpaired) electrons. The minimum absolute atomic E-state index is 0.418. The van der Waals surface area contributed by atoms with E-state index < -0.39 is 0 Å². The fraction of sp³-hybridized carbons (Fsp3) is 0.286. The second-order valence-electron chi connectivity index (χ2n) is 4.45. The molecule has 2 rings (SSSR count). The molecule has 0 aliphatic heterocycles. The fourth-order valence-corrected chi connectivity index (χ4v) is 2.68. The minimum atomic E-state index is 0.418. The van der Waals surface area contributed by atoms with Crippen LogP contribution < -0.4 is 11.5 Å². The predicted octanol–water partition coefficient (Wildman–Crippen LogP) is 2.75. The topological polar surface area (TPSA) is 77.8 Å². The van der Waals surface area contributed by atoms with Crippen LogP contribution in [-0.4, -0.2) is 15.2 Å². The molecule has 4 nitrogen and oxygen atoms in total. The standard InChI is InChI=1S/C14H18N4S/c1-10(7-8-11-5-3-2-4-6-11)19-14-17-12(15)9-13(16)18-14/h2-6,9-10H,7-8H2,1H3,(H4,15,16,17,18)/t10-/m1/s1. The Bertz CT molecular complexity index is 510. The van der Waals surface area contributed by atoms with E-state index in [9.17, 15) is 0 Å². The van der Waals surface area contributed by atoms with E-state index in [4.69, 9.17) is 11.5 Å². The first-order chi connectivity index (χ1) is 9.13. The number of rotatable bonds is 5. The Morgan fingerprint density at radius 2 is 1.74 bits per heavy atom. The zero-order valence-electron chi connectivity index (χ0n) is 10.9. The average molecular weight is 274 g/mol. The maximum atomic E-state index is 5.66. The Morgan fingerprint density at radius 3 is 2.37 bits per heavy atom. The summed E-state index contributed by atoms with van der Waals surface area (Å²) in [5, 5.41) is 1.07. The molecule has 0 bridgehead atoms. The summed E-state index contributed by atoms with van der Waals surface area (Å²) in [6, 6.07) is 12.0. The van der Waals surface area contributed by atoms with E-state index in [1.807, 2.05) is 6.07 Å². The van der Waals surface area contributed by atoms with Crippen LogP contribution in [0.2, 0.25) is 0 Å². The molecule has 0 unspecified atom stereocenters. The Morgan fingerprint density at radius 1 is 1.11 bits per heavy atom. The first-order valence-corrected chi connectivity index (χ1v) is 7.12. The van der Waals surface area contributed by atoms with Crippen molar-refractivity contribution in [1.29, 1.82) is 0 Å². The van der Waals surface area contributed by atoms with Gasteiger partial charge in [0.05, 0.1) is 0 Å². The lowest BCUT2D eigenvalue weighted by Crippen LogP contribution is -2.04. The third-order valence-corrected chi connectivity index (χ3v) is 3.77. The maximum absolute atomic E-state index is 5.66. The number of aromatic nitrogens is 2. The molecule has 0 saturated heterocycles. The summed E-state index contributed by atoms with van der Waals surface area (Å²) in [4.78, 5) is 8.36. The Kier molecular flexibility index (Phi) is 4.63. The number of hydrogen-bond acceptors (Lipinski definition) is 5. The van der Waals surface area contributed by atoms with Crippen LogP contribution in [-0.2, 0) is 6.42 Å². The van der Waals surface area contributed by atoms with Crippen LogP contribution in [0.25, 0.3) is 0 Å². The molecule has 0 saturated carbocycles. The van der Waals surface area contributed by atoms with Gasteiger partial charge in [-0.15, -0.1) is 0 Å². The fourth-order valence-electron chi connectivity index (χ4n) is 1.77. The summed E-state index contributed by atoms with van der Waals surface area (Å²) >= 11 is 1.61. The molecule has 0 fully saturated rings. The molecule has 1 heterocycles. The van der Waals surface area contributed by atoms with Crippen molar-refractivity contribution < 1.29 is 0 Å². The van der Waals surface area contributed by atoms with Gasteiger partial charge in [-0.25, -0.2) is 9.97 Å². The Labute approximate surface area is 117 Å². The summed E-state index contributed by atoms with van der Waals surface area (Å²) < 4.78 is 0. The maximum Gasteiger partial charge on any atom is 0.191 e. The first-order valence-electron chi connectivity index (χ1n) is 6.24. The highest BCUT2D eigenvalue weighted by Gasteiger charge is 2.08. The van der Waals surface area contributed by atoms with Crippen molar-refractivity contribution in [3.8, 4) is 0 Å². The van der Waals surface area contributed by atoms with Crippen molar-refractivity contribution in [2.45, 2.75) is 30.2 Å². The molecule has 5 heteroatoms. The van der Waals surface area contributed by atoms with Gasteiger partial charge in [0.25, 0.3) is 0 Å².